The number of fused-ring (bicyclic) bond motifs is 1. The normalized spacial score (nSPS) is 23.5. The topological polar surface area (TPSA) is 80.8 Å². The van der Waals surface area contributed by atoms with Crippen LogP contribution in [-0.2, 0) is 14.9 Å². The van der Waals surface area contributed by atoms with E-state index in [-0.39, 0.29) is 30.4 Å². The molecule has 7 nitrogen and oxygen atoms in total. The van der Waals surface area contributed by atoms with Crippen LogP contribution >= 0.6 is 0 Å². The summed E-state index contributed by atoms with van der Waals surface area (Å²) in [6.07, 6.45) is 2.80. The molecule has 1 saturated carbocycles. The molecule has 2 fully saturated rings. The summed E-state index contributed by atoms with van der Waals surface area (Å²) in [4.78, 5) is 32.3. The number of carbonyl (C=O) groups is 2. The smallest absolute Gasteiger partial charge is 0.255 e. The number of aromatic nitrogens is 1. The van der Waals surface area contributed by atoms with Crippen molar-refractivity contribution < 1.29 is 27.8 Å². The zero-order valence-electron chi connectivity index (χ0n) is 20.1. The minimum absolute atomic E-state index is 0.0873. The van der Waals surface area contributed by atoms with Crippen LogP contribution in [0.25, 0.3) is 0 Å². The van der Waals surface area contributed by atoms with Crippen molar-refractivity contribution in [1.29, 1.82) is 0 Å². The SMILES string of the molecule is CC1(NC(=O)c2ccc3c(c2)C(C)(C)C(=O)N3c2cc(OCC3CC3(F)F)ccn2)CCOCC1. The Morgan fingerprint density at radius 3 is 2.60 bits per heavy atom. The molecule has 1 atom stereocenters. The maximum atomic E-state index is 13.4. The fourth-order valence-corrected chi connectivity index (χ4v) is 4.66. The van der Waals surface area contributed by atoms with Gasteiger partial charge in [-0.3, -0.25) is 14.5 Å². The van der Waals surface area contributed by atoms with Crippen LogP contribution in [0.5, 0.6) is 5.75 Å². The van der Waals surface area contributed by atoms with E-state index in [1.165, 1.54) is 11.1 Å². The molecule has 5 rings (SSSR count). The molecule has 2 amide bonds. The van der Waals surface area contributed by atoms with E-state index in [4.69, 9.17) is 9.47 Å². The molecule has 35 heavy (non-hydrogen) atoms. The molecule has 1 saturated heterocycles. The summed E-state index contributed by atoms with van der Waals surface area (Å²) in [5.74, 6) is -3.11. The lowest BCUT2D eigenvalue weighted by Crippen LogP contribution is -2.49. The van der Waals surface area contributed by atoms with E-state index in [0.717, 1.165) is 18.4 Å². The van der Waals surface area contributed by atoms with Crippen molar-refractivity contribution in [3.8, 4) is 5.75 Å². The second-order valence-electron chi connectivity index (χ2n) is 10.4. The van der Waals surface area contributed by atoms with Gasteiger partial charge in [0.25, 0.3) is 11.8 Å². The number of halogens is 2. The van der Waals surface area contributed by atoms with Gasteiger partial charge in [-0.15, -0.1) is 0 Å². The van der Waals surface area contributed by atoms with E-state index in [1.807, 2.05) is 20.8 Å². The quantitative estimate of drug-likeness (QED) is 0.657. The number of nitrogens with one attached hydrogen (secondary N) is 1. The second kappa shape index (κ2) is 8.26. The predicted molar refractivity (Wildman–Crippen MR) is 125 cm³/mol. The molecule has 1 unspecified atom stereocenters. The zero-order chi connectivity index (χ0) is 25.0. The third-order valence-electron chi connectivity index (χ3n) is 7.28. The van der Waals surface area contributed by atoms with Gasteiger partial charge < -0.3 is 14.8 Å². The molecule has 1 N–H and O–H groups in total. The molecule has 1 aromatic carbocycles. The van der Waals surface area contributed by atoms with Gasteiger partial charge in [0.2, 0.25) is 5.91 Å². The van der Waals surface area contributed by atoms with Crippen LogP contribution in [0.3, 0.4) is 0 Å². The van der Waals surface area contributed by atoms with Gasteiger partial charge in [0.15, 0.2) is 0 Å². The van der Waals surface area contributed by atoms with E-state index in [9.17, 15) is 18.4 Å². The largest absolute Gasteiger partial charge is 0.493 e. The average molecular weight is 486 g/mol. The van der Waals surface area contributed by atoms with Crippen molar-refractivity contribution >= 4 is 23.3 Å². The van der Waals surface area contributed by atoms with E-state index in [1.54, 1.807) is 30.3 Å². The van der Waals surface area contributed by atoms with Crippen LogP contribution in [-0.4, -0.2) is 48.1 Å². The predicted octanol–water partition coefficient (Wildman–Crippen LogP) is 4.37. The van der Waals surface area contributed by atoms with Crippen LogP contribution in [0.1, 0.15) is 56.0 Å². The Hall–Kier alpha value is -3.07. The van der Waals surface area contributed by atoms with Crippen LogP contribution in [0.15, 0.2) is 36.5 Å². The van der Waals surface area contributed by atoms with Crippen molar-refractivity contribution in [3.63, 3.8) is 0 Å². The maximum Gasteiger partial charge on any atom is 0.255 e. The van der Waals surface area contributed by atoms with Gasteiger partial charge in [-0.2, -0.15) is 0 Å². The fraction of sp³-hybridized carbons (Fsp3) is 0.500. The number of hydrogen-bond donors (Lipinski definition) is 1. The Kier molecular flexibility index (Phi) is 5.58. The Morgan fingerprint density at radius 2 is 1.91 bits per heavy atom. The van der Waals surface area contributed by atoms with E-state index >= 15 is 0 Å². The van der Waals surface area contributed by atoms with E-state index in [0.29, 0.717) is 36.0 Å². The van der Waals surface area contributed by atoms with Crippen molar-refractivity contribution in [1.82, 2.24) is 10.3 Å². The lowest BCUT2D eigenvalue weighted by atomic mass is 9.85. The van der Waals surface area contributed by atoms with Gasteiger partial charge in [-0.25, -0.2) is 13.8 Å². The summed E-state index contributed by atoms with van der Waals surface area (Å²) < 4.78 is 37.3. The van der Waals surface area contributed by atoms with Crippen LogP contribution in [0.4, 0.5) is 20.3 Å². The van der Waals surface area contributed by atoms with E-state index in [2.05, 4.69) is 10.3 Å². The number of alkyl halides is 2. The Morgan fingerprint density at radius 1 is 1.20 bits per heavy atom. The highest BCUT2D eigenvalue weighted by Crippen LogP contribution is 2.49. The molecule has 2 aliphatic heterocycles. The van der Waals surface area contributed by atoms with Crippen LogP contribution < -0.4 is 15.0 Å². The highest BCUT2D eigenvalue weighted by Gasteiger charge is 2.57. The number of pyridine rings is 1. The number of rotatable bonds is 6. The van der Waals surface area contributed by atoms with Crippen molar-refractivity contribution in [3.05, 3.63) is 47.7 Å². The highest BCUT2D eigenvalue weighted by molar-refractivity contribution is 6.12. The number of carbonyl (C=O) groups excluding carboxylic acids is 2. The summed E-state index contributed by atoms with van der Waals surface area (Å²) >= 11 is 0. The average Bonchev–Trinajstić information content (AvgIpc) is 3.38. The molecule has 186 valence electrons. The molecule has 0 radical (unpaired) electrons. The molecule has 3 heterocycles. The summed E-state index contributed by atoms with van der Waals surface area (Å²) in [5, 5.41) is 3.13. The molecule has 1 aromatic heterocycles. The van der Waals surface area contributed by atoms with E-state index < -0.39 is 17.3 Å². The molecule has 2 aromatic rings. The zero-order valence-corrected chi connectivity index (χ0v) is 20.1. The maximum absolute atomic E-state index is 13.4. The van der Waals surface area contributed by atoms with Crippen molar-refractivity contribution in [2.24, 2.45) is 5.92 Å². The lowest BCUT2D eigenvalue weighted by molar-refractivity contribution is -0.121. The summed E-state index contributed by atoms with van der Waals surface area (Å²) in [6, 6.07) is 8.38. The second-order valence-corrected chi connectivity index (χ2v) is 10.4. The van der Waals surface area contributed by atoms with Gasteiger partial charge in [-0.05, 0) is 63.4 Å². The summed E-state index contributed by atoms with van der Waals surface area (Å²) in [5.41, 5.74) is 0.614. The number of benzene rings is 1. The Balaban J connectivity index is 1.39. The molecule has 1 aliphatic carbocycles. The number of hydrogen-bond acceptors (Lipinski definition) is 5. The molecular weight excluding hydrogens is 456 g/mol. The van der Waals surface area contributed by atoms with Gasteiger partial charge in [0, 0.05) is 43.0 Å². The first-order valence-corrected chi connectivity index (χ1v) is 11.9. The van der Waals surface area contributed by atoms with Crippen LogP contribution in [0, 0.1) is 5.92 Å². The number of anilines is 2. The first-order chi connectivity index (χ1) is 16.5. The highest BCUT2D eigenvalue weighted by atomic mass is 19.3. The molecule has 9 heteroatoms. The number of amides is 2. The molecule has 3 aliphatic rings. The Labute approximate surface area is 202 Å². The minimum Gasteiger partial charge on any atom is -0.493 e. The first-order valence-electron chi connectivity index (χ1n) is 11.9. The standard InChI is InChI=1S/C26H29F2N3O4/c1-24(2)19-12-16(22(32)30-25(3)7-10-34-11-8-25)4-5-20(19)31(23(24)33)21-13-18(6-9-29-21)35-15-17-14-26(17,27)28/h4-6,9,12-13,17H,7-8,10-11,14-15H2,1-3H3,(H,30,32). The van der Waals surface area contributed by atoms with Gasteiger partial charge in [-0.1, -0.05) is 0 Å². The molecule has 0 bridgehead atoms. The van der Waals surface area contributed by atoms with Gasteiger partial charge >= 0.3 is 0 Å². The summed E-state index contributed by atoms with van der Waals surface area (Å²) in [6.45, 7) is 6.76. The lowest BCUT2D eigenvalue weighted by Gasteiger charge is -2.34. The molecular formula is C26H29F2N3O4. The number of ether oxygens (including phenoxy) is 2. The first kappa shape index (κ1) is 23.7. The molecule has 0 spiro atoms. The number of nitrogens with zero attached hydrogens (tertiary/aromatic N) is 2. The Bertz CT molecular complexity index is 1180. The van der Waals surface area contributed by atoms with Gasteiger partial charge in [0.1, 0.15) is 11.6 Å². The van der Waals surface area contributed by atoms with Crippen LogP contribution in [0.2, 0.25) is 0 Å². The van der Waals surface area contributed by atoms with Crippen molar-refractivity contribution in [2.45, 2.75) is 56.9 Å². The minimum atomic E-state index is -2.66. The third-order valence-corrected chi connectivity index (χ3v) is 7.28. The third kappa shape index (κ3) is 4.37. The monoisotopic (exact) mass is 485 g/mol. The van der Waals surface area contributed by atoms with Gasteiger partial charge in [0.05, 0.1) is 23.6 Å². The fourth-order valence-electron chi connectivity index (χ4n) is 4.66. The van der Waals surface area contributed by atoms with Crippen molar-refractivity contribution in [2.75, 3.05) is 24.7 Å². The summed E-state index contributed by atoms with van der Waals surface area (Å²) in [7, 11) is 0.